The van der Waals surface area contributed by atoms with Crippen molar-refractivity contribution in [1.82, 2.24) is 15.3 Å². The molecule has 0 radical (unpaired) electrons. The average molecular weight is 408 g/mol. The molecule has 1 aliphatic carbocycles. The summed E-state index contributed by atoms with van der Waals surface area (Å²) in [5.74, 6) is -0.368. The Balaban J connectivity index is 1.72. The Hall–Kier alpha value is -1.67. The van der Waals surface area contributed by atoms with Crippen LogP contribution in [0.15, 0.2) is 11.4 Å². The number of aromatic nitrogens is 2. The highest BCUT2D eigenvalue weighted by Gasteiger charge is 2.27. The van der Waals surface area contributed by atoms with Gasteiger partial charge in [0.2, 0.25) is 5.91 Å². The van der Waals surface area contributed by atoms with Crippen LogP contribution in [0, 0.1) is 5.92 Å². The van der Waals surface area contributed by atoms with Crippen molar-refractivity contribution in [2.75, 3.05) is 12.9 Å². The Morgan fingerprint density at radius 2 is 2.11 bits per heavy atom. The number of ether oxygens (including phenoxy) is 1. The van der Waals surface area contributed by atoms with Crippen LogP contribution in [0.4, 0.5) is 0 Å². The summed E-state index contributed by atoms with van der Waals surface area (Å²) in [7, 11) is 1.34. The molecular formula is C19H25N3O3S2. The fourth-order valence-electron chi connectivity index (χ4n) is 3.32. The van der Waals surface area contributed by atoms with Gasteiger partial charge in [-0.1, -0.05) is 32.0 Å². The minimum atomic E-state index is -0.618. The van der Waals surface area contributed by atoms with Gasteiger partial charge < -0.3 is 10.1 Å². The average Bonchev–Trinajstić information content (AvgIpc) is 3.08. The first-order valence-corrected chi connectivity index (χ1v) is 11.1. The molecule has 2 aromatic rings. The van der Waals surface area contributed by atoms with Gasteiger partial charge in [0.05, 0.1) is 12.9 Å². The van der Waals surface area contributed by atoms with Crippen molar-refractivity contribution in [2.24, 2.45) is 5.92 Å². The first kappa shape index (κ1) is 20.1. The van der Waals surface area contributed by atoms with Crippen LogP contribution in [0.5, 0.6) is 0 Å². The Bertz CT molecular complexity index is 837. The molecule has 8 heteroatoms. The fraction of sp³-hybridized carbons (Fsp3) is 0.579. The molecule has 0 spiro atoms. The molecule has 1 aliphatic rings. The van der Waals surface area contributed by atoms with Gasteiger partial charge in [0, 0.05) is 10.3 Å². The number of fused-ring (bicyclic) bond motifs is 3. The highest BCUT2D eigenvalue weighted by molar-refractivity contribution is 8.00. The molecule has 0 unspecified atom stereocenters. The number of esters is 1. The molecule has 1 amide bonds. The van der Waals surface area contributed by atoms with E-state index in [0.717, 1.165) is 34.5 Å². The molecule has 0 bridgehead atoms. The second-order valence-corrected chi connectivity index (χ2v) is 8.86. The molecule has 6 nitrogen and oxygen atoms in total. The predicted octanol–water partition coefficient (Wildman–Crippen LogP) is 3.37. The van der Waals surface area contributed by atoms with Gasteiger partial charge in [0.25, 0.3) is 0 Å². The summed E-state index contributed by atoms with van der Waals surface area (Å²) in [4.78, 5) is 35.7. The lowest BCUT2D eigenvalue weighted by atomic mass is 9.97. The van der Waals surface area contributed by atoms with Crippen molar-refractivity contribution in [3.63, 3.8) is 0 Å². The molecule has 0 saturated carbocycles. The normalized spacial score (nSPS) is 15.8. The maximum Gasteiger partial charge on any atom is 0.328 e. The van der Waals surface area contributed by atoms with E-state index in [-0.39, 0.29) is 17.6 Å². The van der Waals surface area contributed by atoms with Gasteiger partial charge in [0.1, 0.15) is 22.2 Å². The quantitative estimate of drug-likeness (QED) is 0.431. The van der Waals surface area contributed by atoms with Gasteiger partial charge in [-0.2, -0.15) is 0 Å². The third kappa shape index (κ3) is 4.43. The minimum absolute atomic E-state index is 0.0149. The van der Waals surface area contributed by atoms with Crippen LogP contribution in [0.1, 0.15) is 43.6 Å². The highest BCUT2D eigenvalue weighted by Crippen LogP contribution is 2.39. The number of hydrogen-bond donors (Lipinski definition) is 1. The summed E-state index contributed by atoms with van der Waals surface area (Å²) in [6.07, 6.45) is 6.93. The first-order valence-electron chi connectivity index (χ1n) is 9.30. The number of carbonyl (C=O) groups is 2. The molecule has 27 heavy (non-hydrogen) atoms. The Morgan fingerprint density at radius 1 is 1.33 bits per heavy atom. The Labute approximate surface area is 167 Å². The summed E-state index contributed by atoms with van der Waals surface area (Å²) < 4.78 is 4.83. The molecule has 3 rings (SSSR count). The van der Waals surface area contributed by atoms with E-state index in [4.69, 9.17) is 4.74 Å². The maximum atomic E-state index is 12.5. The van der Waals surface area contributed by atoms with Gasteiger partial charge in [-0.3, -0.25) is 4.79 Å². The fourth-order valence-corrected chi connectivity index (χ4v) is 5.45. The molecule has 0 aromatic carbocycles. The number of thioether (sulfide) groups is 1. The predicted molar refractivity (Wildman–Crippen MR) is 108 cm³/mol. The van der Waals surface area contributed by atoms with Crippen LogP contribution in [0.25, 0.3) is 10.2 Å². The van der Waals surface area contributed by atoms with Crippen molar-refractivity contribution in [2.45, 2.75) is 57.0 Å². The van der Waals surface area contributed by atoms with Crippen LogP contribution < -0.4 is 5.32 Å². The summed E-state index contributed by atoms with van der Waals surface area (Å²) >= 11 is 3.15. The molecule has 2 heterocycles. The third-order valence-electron chi connectivity index (χ3n) is 5.04. The van der Waals surface area contributed by atoms with Crippen LogP contribution in [0.3, 0.4) is 0 Å². The lowest BCUT2D eigenvalue weighted by Crippen LogP contribution is -2.46. The highest BCUT2D eigenvalue weighted by atomic mass is 32.2. The third-order valence-corrected chi connectivity index (χ3v) is 7.23. The number of methoxy groups -OCH3 is 1. The van der Waals surface area contributed by atoms with E-state index in [2.05, 4.69) is 15.3 Å². The molecule has 0 saturated heterocycles. The summed E-state index contributed by atoms with van der Waals surface area (Å²) in [5.41, 5.74) is 1.36. The van der Waals surface area contributed by atoms with Gasteiger partial charge in [-0.25, -0.2) is 14.8 Å². The number of amides is 1. The van der Waals surface area contributed by atoms with Gasteiger partial charge >= 0.3 is 5.97 Å². The number of nitrogens with zero attached hydrogens (tertiary/aromatic N) is 2. The molecule has 0 fully saturated rings. The first-order chi connectivity index (χ1) is 13.0. The van der Waals surface area contributed by atoms with Crippen LogP contribution in [-0.4, -0.2) is 40.7 Å². The second kappa shape index (κ2) is 9.01. The van der Waals surface area contributed by atoms with Crippen molar-refractivity contribution < 1.29 is 14.3 Å². The van der Waals surface area contributed by atoms with E-state index in [9.17, 15) is 9.59 Å². The van der Waals surface area contributed by atoms with Crippen molar-refractivity contribution in [3.05, 3.63) is 16.8 Å². The molecule has 0 aliphatic heterocycles. The largest absolute Gasteiger partial charge is 0.467 e. The zero-order chi connectivity index (χ0) is 19.4. The van der Waals surface area contributed by atoms with Gasteiger partial charge in [0.15, 0.2) is 0 Å². The topological polar surface area (TPSA) is 81.2 Å². The van der Waals surface area contributed by atoms with E-state index in [1.165, 1.54) is 42.2 Å². The molecule has 2 atom stereocenters. The smallest absolute Gasteiger partial charge is 0.328 e. The Morgan fingerprint density at radius 3 is 2.85 bits per heavy atom. The molecule has 1 N–H and O–H groups in total. The number of rotatable bonds is 7. The SMILES string of the molecule is CC[C@@H](C)[C@@H](NC(=O)CSc1ncnc2sc3c(c12)CCCC3)C(=O)OC. The second-order valence-electron chi connectivity index (χ2n) is 6.81. The standard InChI is InChI=1S/C19H25N3O3S2/c1-4-11(2)16(19(24)25-3)22-14(23)9-26-17-15-12-7-5-6-8-13(12)27-18(15)21-10-20-17/h10-11,16H,4-9H2,1-3H3,(H,22,23)/t11-,16-/m1/s1. The van der Waals surface area contributed by atoms with Crippen LogP contribution >= 0.6 is 23.1 Å². The zero-order valence-electron chi connectivity index (χ0n) is 15.9. The number of aryl methyl sites for hydroxylation is 2. The van der Waals surface area contributed by atoms with E-state index < -0.39 is 12.0 Å². The number of hydrogen-bond acceptors (Lipinski definition) is 7. The van der Waals surface area contributed by atoms with Gasteiger partial charge in [-0.05, 0) is 37.2 Å². The van der Waals surface area contributed by atoms with E-state index in [1.54, 1.807) is 17.7 Å². The lowest BCUT2D eigenvalue weighted by molar-refractivity contribution is -0.146. The number of nitrogens with one attached hydrogen (secondary N) is 1. The van der Waals surface area contributed by atoms with E-state index in [1.807, 2.05) is 13.8 Å². The van der Waals surface area contributed by atoms with Crippen LogP contribution in [0.2, 0.25) is 0 Å². The monoisotopic (exact) mass is 407 g/mol. The maximum absolute atomic E-state index is 12.5. The van der Waals surface area contributed by atoms with E-state index >= 15 is 0 Å². The van der Waals surface area contributed by atoms with Crippen molar-refractivity contribution >= 4 is 45.2 Å². The van der Waals surface area contributed by atoms with Crippen molar-refractivity contribution in [1.29, 1.82) is 0 Å². The molecule has 146 valence electrons. The summed E-state index contributed by atoms with van der Waals surface area (Å²) in [6.45, 7) is 3.92. The number of thiophene rings is 1. The summed E-state index contributed by atoms with van der Waals surface area (Å²) in [5, 5.41) is 4.78. The lowest BCUT2D eigenvalue weighted by Gasteiger charge is -2.21. The minimum Gasteiger partial charge on any atom is -0.467 e. The molecule has 2 aromatic heterocycles. The molecular weight excluding hydrogens is 382 g/mol. The van der Waals surface area contributed by atoms with E-state index in [0.29, 0.717) is 0 Å². The van der Waals surface area contributed by atoms with Crippen LogP contribution in [-0.2, 0) is 27.2 Å². The Kier molecular flexibility index (Phi) is 6.70. The zero-order valence-corrected chi connectivity index (χ0v) is 17.5. The van der Waals surface area contributed by atoms with Gasteiger partial charge in [-0.15, -0.1) is 11.3 Å². The summed E-state index contributed by atoms with van der Waals surface area (Å²) in [6, 6.07) is -0.618. The number of carbonyl (C=O) groups excluding carboxylic acids is 2. The van der Waals surface area contributed by atoms with Crippen molar-refractivity contribution in [3.8, 4) is 0 Å².